The van der Waals surface area contributed by atoms with Gasteiger partial charge in [0.15, 0.2) is 23.0 Å². The van der Waals surface area contributed by atoms with Crippen LogP contribution in [0.2, 0.25) is 0 Å². The number of rotatable bonds is 10. The van der Waals surface area contributed by atoms with Crippen LogP contribution in [0.5, 0.6) is 23.0 Å². The van der Waals surface area contributed by atoms with Gasteiger partial charge in [-0.3, -0.25) is 0 Å². The zero-order chi connectivity index (χ0) is 18.9. The molecule has 0 heterocycles. The molecule has 150 valence electrons. The fraction of sp³-hybridized carbons (Fsp3) is 0.429. The zero-order valence-electron chi connectivity index (χ0n) is 16.7. The topological polar surface area (TPSA) is 49.0 Å². The fourth-order valence-corrected chi connectivity index (χ4v) is 2.93. The summed E-state index contributed by atoms with van der Waals surface area (Å²) in [4.78, 5) is 0. The predicted molar refractivity (Wildman–Crippen MR) is 111 cm³/mol. The molecule has 0 saturated heterocycles. The van der Waals surface area contributed by atoms with Crippen LogP contribution in [-0.2, 0) is 12.8 Å². The third kappa shape index (κ3) is 6.52. The lowest BCUT2D eigenvalue weighted by molar-refractivity contribution is 0.354. The van der Waals surface area contributed by atoms with E-state index in [4.69, 9.17) is 18.9 Å². The van der Waals surface area contributed by atoms with E-state index in [2.05, 4.69) is 24.4 Å². The highest BCUT2D eigenvalue weighted by Crippen LogP contribution is 2.28. The standard InChI is InChI=1S/C21H29NO4.ClH/c1-15(12-17-7-9-19(24-3)21(14-17)26-5)22-11-10-16-6-8-18(23-2)20(13-16)25-4;/h6-9,13-15,22H,10-12H2,1-5H3;1H. The Balaban J connectivity index is 0.00000364. The number of nitrogens with one attached hydrogen (secondary N) is 1. The molecule has 0 aliphatic carbocycles. The van der Waals surface area contributed by atoms with E-state index >= 15 is 0 Å². The number of hydrogen-bond acceptors (Lipinski definition) is 5. The Hall–Kier alpha value is -2.11. The highest BCUT2D eigenvalue weighted by atomic mass is 35.5. The summed E-state index contributed by atoms with van der Waals surface area (Å²) in [6, 6.07) is 12.5. The van der Waals surface area contributed by atoms with Gasteiger partial charge in [0, 0.05) is 6.04 Å². The first-order chi connectivity index (χ1) is 12.6. The molecule has 27 heavy (non-hydrogen) atoms. The Kier molecular flexibility index (Phi) is 9.83. The third-order valence-corrected chi connectivity index (χ3v) is 4.34. The first-order valence-electron chi connectivity index (χ1n) is 8.76. The summed E-state index contributed by atoms with van der Waals surface area (Å²) < 4.78 is 21.3. The van der Waals surface area contributed by atoms with Crippen molar-refractivity contribution in [1.29, 1.82) is 0 Å². The van der Waals surface area contributed by atoms with Crippen molar-refractivity contribution in [3.63, 3.8) is 0 Å². The molecule has 0 bridgehead atoms. The molecular formula is C21H30ClNO4. The summed E-state index contributed by atoms with van der Waals surface area (Å²) in [6.07, 6.45) is 1.85. The molecule has 2 rings (SSSR count). The van der Waals surface area contributed by atoms with Gasteiger partial charge in [-0.1, -0.05) is 12.1 Å². The molecule has 1 atom stereocenters. The van der Waals surface area contributed by atoms with Crippen molar-refractivity contribution in [2.75, 3.05) is 35.0 Å². The first-order valence-corrected chi connectivity index (χ1v) is 8.76. The average Bonchev–Trinajstić information content (AvgIpc) is 2.67. The normalized spacial score (nSPS) is 11.3. The summed E-state index contributed by atoms with van der Waals surface area (Å²) in [5.41, 5.74) is 2.43. The number of hydrogen-bond donors (Lipinski definition) is 1. The molecule has 2 aromatic rings. The number of halogens is 1. The Morgan fingerprint density at radius 2 is 1.22 bits per heavy atom. The maximum absolute atomic E-state index is 5.37. The van der Waals surface area contributed by atoms with Crippen LogP contribution in [0.15, 0.2) is 36.4 Å². The molecule has 0 saturated carbocycles. The monoisotopic (exact) mass is 395 g/mol. The molecule has 0 spiro atoms. The lowest BCUT2D eigenvalue weighted by atomic mass is 10.1. The SMILES string of the molecule is COc1ccc(CCNC(C)Cc2ccc(OC)c(OC)c2)cc1OC.Cl. The van der Waals surface area contributed by atoms with Crippen LogP contribution in [0.25, 0.3) is 0 Å². The highest BCUT2D eigenvalue weighted by Gasteiger charge is 2.09. The Bertz CT molecular complexity index is 709. The Morgan fingerprint density at radius 3 is 1.74 bits per heavy atom. The second-order valence-electron chi connectivity index (χ2n) is 6.19. The first kappa shape index (κ1) is 22.9. The van der Waals surface area contributed by atoms with Crippen LogP contribution < -0.4 is 24.3 Å². The van der Waals surface area contributed by atoms with E-state index in [0.29, 0.717) is 6.04 Å². The molecule has 0 amide bonds. The molecule has 6 heteroatoms. The lowest BCUT2D eigenvalue weighted by Gasteiger charge is -2.16. The number of benzene rings is 2. The maximum Gasteiger partial charge on any atom is 0.160 e. The average molecular weight is 396 g/mol. The van der Waals surface area contributed by atoms with Crippen molar-refractivity contribution in [2.45, 2.75) is 25.8 Å². The molecule has 0 radical (unpaired) electrons. The molecule has 0 aliphatic rings. The fourth-order valence-electron chi connectivity index (χ4n) is 2.93. The van der Waals surface area contributed by atoms with Gasteiger partial charge in [0.05, 0.1) is 28.4 Å². The van der Waals surface area contributed by atoms with E-state index in [9.17, 15) is 0 Å². The Morgan fingerprint density at radius 1 is 0.741 bits per heavy atom. The van der Waals surface area contributed by atoms with Gasteiger partial charge in [-0.15, -0.1) is 12.4 Å². The van der Waals surface area contributed by atoms with Crippen molar-refractivity contribution >= 4 is 12.4 Å². The summed E-state index contributed by atoms with van der Waals surface area (Å²) in [6.45, 7) is 3.08. The van der Waals surface area contributed by atoms with Crippen LogP contribution in [0.1, 0.15) is 18.1 Å². The number of methoxy groups -OCH3 is 4. The zero-order valence-corrected chi connectivity index (χ0v) is 17.5. The second kappa shape index (κ2) is 11.6. The minimum absolute atomic E-state index is 0. The van der Waals surface area contributed by atoms with E-state index in [1.807, 2.05) is 24.3 Å². The van der Waals surface area contributed by atoms with Crippen molar-refractivity contribution < 1.29 is 18.9 Å². The van der Waals surface area contributed by atoms with Gasteiger partial charge in [-0.05, 0) is 61.7 Å². The van der Waals surface area contributed by atoms with Gasteiger partial charge in [0.1, 0.15) is 0 Å². The molecule has 0 aliphatic heterocycles. The smallest absolute Gasteiger partial charge is 0.160 e. The van der Waals surface area contributed by atoms with Crippen LogP contribution in [0.4, 0.5) is 0 Å². The molecule has 5 nitrogen and oxygen atoms in total. The van der Waals surface area contributed by atoms with Gasteiger partial charge in [-0.2, -0.15) is 0 Å². The van der Waals surface area contributed by atoms with Gasteiger partial charge in [0.25, 0.3) is 0 Å². The van der Waals surface area contributed by atoms with Crippen molar-refractivity contribution in [3.8, 4) is 23.0 Å². The van der Waals surface area contributed by atoms with Crippen LogP contribution in [0, 0.1) is 0 Å². The summed E-state index contributed by atoms with van der Waals surface area (Å²) >= 11 is 0. The van der Waals surface area contributed by atoms with Crippen molar-refractivity contribution in [2.24, 2.45) is 0 Å². The molecule has 0 aromatic heterocycles. The second-order valence-corrected chi connectivity index (χ2v) is 6.19. The summed E-state index contributed by atoms with van der Waals surface area (Å²) in [5, 5.41) is 3.57. The maximum atomic E-state index is 5.37. The summed E-state index contributed by atoms with van der Waals surface area (Å²) in [5.74, 6) is 3.04. The predicted octanol–water partition coefficient (Wildman–Crippen LogP) is 3.91. The van der Waals surface area contributed by atoms with Crippen LogP contribution >= 0.6 is 12.4 Å². The van der Waals surface area contributed by atoms with Crippen molar-refractivity contribution in [3.05, 3.63) is 47.5 Å². The van der Waals surface area contributed by atoms with Crippen molar-refractivity contribution in [1.82, 2.24) is 5.32 Å². The van der Waals surface area contributed by atoms with E-state index in [1.54, 1.807) is 28.4 Å². The minimum atomic E-state index is 0. The Labute approximate surface area is 168 Å². The third-order valence-electron chi connectivity index (χ3n) is 4.34. The van der Waals surface area contributed by atoms with E-state index in [-0.39, 0.29) is 12.4 Å². The van der Waals surface area contributed by atoms with E-state index in [1.165, 1.54) is 11.1 Å². The molecule has 0 fully saturated rings. The molecule has 1 N–H and O–H groups in total. The van der Waals surface area contributed by atoms with E-state index in [0.717, 1.165) is 42.4 Å². The number of ether oxygens (including phenoxy) is 4. The van der Waals surface area contributed by atoms with Gasteiger partial charge in [-0.25, -0.2) is 0 Å². The minimum Gasteiger partial charge on any atom is -0.493 e. The van der Waals surface area contributed by atoms with Crippen LogP contribution in [-0.4, -0.2) is 41.0 Å². The van der Waals surface area contributed by atoms with Gasteiger partial charge < -0.3 is 24.3 Å². The molecule has 2 aromatic carbocycles. The lowest BCUT2D eigenvalue weighted by Crippen LogP contribution is -2.30. The van der Waals surface area contributed by atoms with E-state index < -0.39 is 0 Å². The van der Waals surface area contributed by atoms with Gasteiger partial charge >= 0.3 is 0 Å². The highest BCUT2D eigenvalue weighted by molar-refractivity contribution is 5.85. The van der Waals surface area contributed by atoms with Crippen LogP contribution in [0.3, 0.4) is 0 Å². The molecule has 1 unspecified atom stereocenters. The van der Waals surface area contributed by atoms with Gasteiger partial charge in [0.2, 0.25) is 0 Å². The largest absolute Gasteiger partial charge is 0.493 e. The summed E-state index contributed by atoms with van der Waals surface area (Å²) in [7, 11) is 6.61. The quantitative estimate of drug-likeness (QED) is 0.661. The molecular weight excluding hydrogens is 366 g/mol.